The molecule has 0 spiro atoms. The summed E-state index contributed by atoms with van der Waals surface area (Å²) in [6.45, 7) is 0. The van der Waals surface area contributed by atoms with Gasteiger partial charge in [-0.25, -0.2) is 9.78 Å². The summed E-state index contributed by atoms with van der Waals surface area (Å²) in [4.78, 5) is 26.8. The van der Waals surface area contributed by atoms with E-state index in [0.29, 0.717) is 0 Å². The van der Waals surface area contributed by atoms with Gasteiger partial charge in [-0.3, -0.25) is 4.79 Å². The number of carboxylic acids is 1. The molecule has 1 saturated carbocycles. The van der Waals surface area contributed by atoms with Gasteiger partial charge in [0.25, 0.3) is 5.56 Å². The minimum atomic E-state index is -1.10. The van der Waals surface area contributed by atoms with Crippen LogP contribution in [0.25, 0.3) is 0 Å². The number of hydrogen-bond acceptors (Lipinski definition) is 4. The van der Waals surface area contributed by atoms with Crippen molar-refractivity contribution in [2.45, 2.75) is 31.3 Å². The standard InChI is InChI=1S/C12H13N3O3/c1-2-3-9(12(17)18)14-10-11(16)15(7-6-13-10)8-4-5-8/h1,6-9H,3-5H2,(H,13,14)(H,17,18). The highest BCUT2D eigenvalue weighted by atomic mass is 16.4. The van der Waals surface area contributed by atoms with E-state index in [-0.39, 0.29) is 23.8 Å². The Morgan fingerprint density at radius 2 is 2.44 bits per heavy atom. The molecule has 1 heterocycles. The Morgan fingerprint density at radius 1 is 1.72 bits per heavy atom. The number of hydrogen-bond donors (Lipinski definition) is 2. The van der Waals surface area contributed by atoms with Crippen LogP contribution in [0.1, 0.15) is 25.3 Å². The fourth-order valence-corrected chi connectivity index (χ4v) is 1.65. The highest BCUT2D eigenvalue weighted by Crippen LogP contribution is 2.33. The maximum Gasteiger partial charge on any atom is 0.327 e. The predicted molar refractivity (Wildman–Crippen MR) is 65.3 cm³/mol. The molecule has 6 nitrogen and oxygen atoms in total. The Kier molecular flexibility index (Phi) is 3.33. The lowest BCUT2D eigenvalue weighted by molar-refractivity contribution is -0.137. The molecule has 1 aromatic rings. The molecule has 1 unspecified atom stereocenters. The molecular formula is C12H13N3O3. The van der Waals surface area contributed by atoms with Crippen LogP contribution in [0, 0.1) is 12.3 Å². The van der Waals surface area contributed by atoms with Crippen LogP contribution < -0.4 is 10.9 Å². The molecule has 1 aromatic heterocycles. The number of anilines is 1. The second-order valence-electron chi connectivity index (χ2n) is 4.16. The minimum absolute atomic E-state index is 0.00518. The fourth-order valence-electron chi connectivity index (χ4n) is 1.65. The number of nitrogens with zero attached hydrogens (tertiary/aromatic N) is 2. The molecule has 94 valence electrons. The third-order valence-electron chi connectivity index (χ3n) is 2.74. The Morgan fingerprint density at radius 3 is 3.00 bits per heavy atom. The first-order chi connectivity index (χ1) is 8.63. The van der Waals surface area contributed by atoms with Crippen LogP contribution in [-0.2, 0) is 4.79 Å². The smallest absolute Gasteiger partial charge is 0.327 e. The molecule has 18 heavy (non-hydrogen) atoms. The number of aromatic nitrogens is 2. The Labute approximate surface area is 104 Å². The molecule has 1 fully saturated rings. The van der Waals surface area contributed by atoms with Gasteiger partial charge in [0.1, 0.15) is 6.04 Å². The van der Waals surface area contributed by atoms with Crippen molar-refractivity contribution in [3.63, 3.8) is 0 Å². The molecule has 0 aliphatic heterocycles. The Bertz CT molecular complexity index is 554. The van der Waals surface area contributed by atoms with E-state index in [9.17, 15) is 9.59 Å². The summed E-state index contributed by atoms with van der Waals surface area (Å²) in [6, 6.07) is -0.776. The van der Waals surface area contributed by atoms with Crippen molar-refractivity contribution in [3.05, 3.63) is 22.7 Å². The monoisotopic (exact) mass is 247 g/mol. The summed E-state index contributed by atoms with van der Waals surface area (Å²) in [5.41, 5.74) is -0.303. The van der Waals surface area contributed by atoms with Crippen molar-refractivity contribution >= 4 is 11.8 Å². The van der Waals surface area contributed by atoms with E-state index in [1.54, 1.807) is 10.8 Å². The first-order valence-electron chi connectivity index (χ1n) is 5.63. The zero-order valence-corrected chi connectivity index (χ0v) is 9.67. The maximum absolute atomic E-state index is 12.0. The average molecular weight is 247 g/mol. The first-order valence-corrected chi connectivity index (χ1v) is 5.63. The molecule has 6 heteroatoms. The van der Waals surface area contributed by atoms with Crippen LogP contribution in [0.3, 0.4) is 0 Å². The van der Waals surface area contributed by atoms with Crippen LogP contribution in [0.2, 0.25) is 0 Å². The molecule has 0 radical (unpaired) electrons. The van der Waals surface area contributed by atoms with Gasteiger partial charge in [0.2, 0.25) is 0 Å². The second-order valence-corrected chi connectivity index (χ2v) is 4.16. The van der Waals surface area contributed by atoms with E-state index >= 15 is 0 Å². The van der Waals surface area contributed by atoms with Crippen molar-refractivity contribution in [3.8, 4) is 12.3 Å². The molecular weight excluding hydrogens is 234 g/mol. The SMILES string of the molecule is C#CCC(Nc1nccn(C2CC2)c1=O)C(=O)O. The molecule has 2 rings (SSSR count). The zero-order chi connectivity index (χ0) is 13.1. The fraction of sp³-hybridized carbons (Fsp3) is 0.417. The van der Waals surface area contributed by atoms with Crippen molar-refractivity contribution in [2.75, 3.05) is 5.32 Å². The van der Waals surface area contributed by atoms with E-state index in [4.69, 9.17) is 11.5 Å². The van der Waals surface area contributed by atoms with E-state index in [0.717, 1.165) is 12.8 Å². The average Bonchev–Trinajstić information content (AvgIpc) is 3.15. The zero-order valence-electron chi connectivity index (χ0n) is 9.67. The van der Waals surface area contributed by atoms with Crippen LogP contribution in [0.5, 0.6) is 0 Å². The predicted octanol–water partition coefficient (Wildman–Crippen LogP) is 0.467. The largest absolute Gasteiger partial charge is 0.480 e. The van der Waals surface area contributed by atoms with Crippen molar-refractivity contribution in [2.24, 2.45) is 0 Å². The Hall–Kier alpha value is -2.29. The number of terminal acetylenes is 1. The first kappa shape index (κ1) is 12.2. The molecule has 1 aliphatic carbocycles. The van der Waals surface area contributed by atoms with Gasteiger partial charge in [0, 0.05) is 24.9 Å². The summed E-state index contributed by atoms with van der Waals surface area (Å²) in [7, 11) is 0. The summed E-state index contributed by atoms with van der Waals surface area (Å²) in [6.07, 6.45) is 10.1. The molecule has 1 aliphatic rings. The van der Waals surface area contributed by atoms with E-state index in [2.05, 4.69) is 16.2 Å². The minimum Gasteiger partial charge on any atom is -0.480 e. The van der Waals surface area contributed by atoms with Gasteiger partial charge in [0.15, 0.2) is 5.82 Å². The third kappa shape index (κ3) is 2.51. The van der Waals surface area contributed by atoms with Crippen LogP contribution in [0.4, 0.5) is 5.82 Å². The lowest BCUT2D eigenvalue weighted by Crippen LogP contribution is -2.33. The van der Waals surface area contributed by atoms with Crippen LogP contribution in [-0.4, -0.2) is 26.7 Å². The number of aliphatic carboxylic acids is 1. The topological polar surface area (TPSA) is 84.2 Å². The van der Waals surface area contributed by atoms with Gasteiger partial charge in [-0.05, 0) is 12.8 Å². The Balaban J connectivity index is 2.23. The summed E-state index contributed by atoms with van der Waals surface area (Å²) in [5.74, 6) is 1.19. The lowest BCUT2D eigenvalue weighted by atomic mass is 10.2. The van der Waals surface area contributed by atoms with Gasteiger partial charge in [-0.15, -0.1) is 12.3 Å². The summed E-state index contributed by atoms with van der Waals surface area (Å²) in [5, 5.41) is 11.5. The van der Waals surface area contributed by atoms with Gasteiger partial charge >= 0.3 is 5.97 Å². The number of rotatable bonds is 5. The van der Waals surface area contributed by atoms with Crippen LogP contribution in [0.15, 0.2) is 17.2 Å². The van der Waals surface area contributed by atoms with Crippen LogP contribution >= 0.6 is 0 Å². The van der Waals surface area contributed by atoms with E-state index in [1.807, 2.05) is 0 Å². The lowest BCUT2D eigenvalue weighted by Gasteiger charge is -2.12. The summed E-state index contributed by atoms with van der Waals surface area (Å²) < 4.78 is 1.57. The quantitative estimate of drug-likeness (QED) is 0.739. The van der Waals surface area contributed by atoms with E-state index in [1.165, 1.54) is 6.20 Å². The maximum atomic E-state index is 12.0. The number of carbonyl (C=O) groups is 1. The van der Waals surface area contributed by atoms with Gasteiger partial charge in [-0.1, -0.05) is 0 Å². The number of nitrogens with one attached hydrogen (secondary N) is 1. The van der Waals surface area contributed by atoms with Gasteiger partial charge in [0.05, 0.1) is 0 Å². The molecule has 2 N–H and O–H groups in total. The van der Waals surface area contributed by atoms with E-state index < -0.39 is 12.0 Å². The highest BCUT2D eigenvalue weighted by molar-refractivity contribution is 5.77. The normalized spacial score (nSPS) is 15.7. The van der Waals surface area contributed by atoms with Crippen molar-refractivity contribution in [1.82, 2.24) is 9.55 Å². The second kappa shape index (κ2) is 4.92. The molecule has 0 saturated heterocycles. The highest BCUT2D eigenvalue weighted by Gasteiger charge is 2.26. The molecule has 1 atom stereocenters. The van der Waals surface area contributed by atoms with Gasteiger partial charge in [-0.2, -0.15) is 0 Å². The van der Waals surface area contributed by atoms with Gasteiger partial charge < -0.3 is 15.0 Å². The van der Waals surface area contributed by atoms with Crippen molar-refractivity contribution < 1.29 is 9.90 Å². The summed E-state index contributed by atoms with van der Waals surface area (Å²) >= 11 is 0. The number of carboxylic acid groups (broad SMARTS) is 1. The molecule has 0 bridgehead atoms. The molecule has 0 amide bonds. The van der Waals surface area contributed by atoms with Crippen molar-refractivity contribution in [1.29, 1.82) is 0 Å². The third-order valence-corrected chi connectivity index (χ3v) is 2.74. The molecule has 0 aromatic carbocycles.